The molecule has 0 saturated heterocycles. The summed E-state index contributed by atoms with van der Waals surface area (Å²) in [7, 11) is 0. The first-order valence-electron chi connectivity index (χ1n) is 31.2. The molecular weight excluding hydrogens is 1100 g/mol. The summed E-state index contributed by atoms with van der Waals surface area (Å²) in [6.07, 6.45) is 0. The molecule has 17 aromatic rings. The molecule has 0 atom stereocenters. The van der Waals surface area contributed by atoms with Crippen LogP contribution in [0.25, 0.3) is 161 Å². The minimum atomic E-state index is 0.613. The number of hydrogen-bond acceptors (Lipinski definition) is 3. The Morgan fingerprint density at radius 3 is 0.725 bits per heavy atom. The van der Waals surface area contributed by atoms with Crippen molar-refractivity contribution < 1.29 is 0 Å². The van der Waals surface area contributed by atoms with E-state index in [-0.39, 0.29) is 0 Å². The topological polar surface area (TPSA) is 53.5 Å². The van der Waals surface area contributed by atoms with E-state index in [0.717, 1.165) is 77.6 Å². The van der Waals surface area contributed by atoms with Gasteiger partial charge in [-0.05, 0) is 181 Å². The van der Waals surface area contributed by atoms with Crippen molar-refractivity contribution in [1.82, 2.24) is 28.7 Å². The fourth-order valence-electron chi connectivity index (χ4n) is 13.9. The summed E-state index contributed by atoms with van der Waals surface area (Å²) in [5.74, 6) is 1.87. The van der Waals surface area contributed by atoms with Gasteiger partial charge in [0.25, 0.3) is 0 Å². The van der Waals surface area contributed by atoms with Crippen molar-refractivity contribution in [2.45, 2.75) is 27.7 Å². The zero-order valence-electron chi connectivity index (χ0n) is 50.9. The van der Waals surface area contributed by atoms with Gasteiger partial charge in [-0.15, -0.1) is 0 Å². The van der Waals surface area contributed by atoms with Crippen LogP contribution in [-0.2, 0) is 0 Å². The smallest absolute Gasteiger partial charge is 0.164 e. The van der Waals surface area contributed by atoms with Crippen LogP contribution in [0, 0.1) is 27.7 Å². The van der Waals surface area contributed by atoms with E-state index in [1.165, 1.54) is 88.3 Å². The quantitative estimate of drug-likeness (QED) is 0.137. The first-order chi connectivity index (χ1) is 44.7. The Balaban J connectivity index is 0.884. The molecule has 0 fully saturated rings. The fourth-order valence-corrected chi connectivity index (χ4v) is 13.9. The molecule has 0 bridgehead atoms. The van der Waals surface area contributed by atoms with Gasteiger partial charge in [-0.1, -0.05) is 204 Å². The molecule has 4 heterocycles. The molecule has 0 aliphatic heterocycles. The van der Waals surface area contributed by atoms with Gasteiger partial charge in [0, 0.05) is 66.1 Å². The average Bonchev–Trinajstić information content (AvgIpc) is 1.59. The predicted molar refractivity (Wildman–Crippen MR) is 380 cm³/mol. The Bertz CT molecular complexity index is 5220. The molecule has 13 aromatic carbocycles. The van der Waals surface area contributed by atoms with Crippen LogP contribution in [0.3, 0.4) is 0 Å². The van der Waals surface area contributed by atoms with Crippen molar-refractivity contribution in [2.75, 3.05) is 0 Å². The monoisotopic (exact) mass is 1160 g/mol. The summed E-state index contributed by atoms with van der Waals surface area (Å²) < 4.78 is 7.36. The number of benzene rings is 13. The SMILES string of the molecule is Cc1cccc(-c2ccc3c(c2)c2cc(-c4cccc(C)c4)ccc2n3-c2ccc3c(c2)c2cc(-n4c5ccc(-c6cccc(C)c6)cc5c5cc(-c6cccc(C)c6)ccc54)ccc2n3-c2ccc(-c3nc(-c4ccccc4)nc(-c4ccccc4)n3)cc2)c1. The highest BCUT2D eigenvalue weighted by atomic mass is 15.0. The van der Waals surface area contributed by atoms with E-state index in [2.05, 4.69) is 296 Å². The average molecular weight is 1170 g/mol. The largest absolute Gasteiger partial charge is 0.309 e. The molecule has 0 unspecified atom stereocenters. The van der Waals surface area contributed by atoms with E-state index in [1.807, 2.05) is 36.4 Å². The zero-order valence-corrected chi connectivity index (χ0v) is 50.9. The van der Waals surface area contributed by atoms with Gasteiger partial charge >= 0.3 is 0 Å². The van der Waals surface area contributed by atoms with Crippen LogP contribution in [0.5, 0.6) is 0 Å². The Morgan fingerprint density at radius 1 is 0.187 bits per heavy atom. The first-order valence-corrected chi connectivity index (χ1v) is 31.2. The molecule has 17 rings (SSSR count). The maximum atomic E-state index is 5.11. The lowest BCUT2D eigenvalue weighted by molar-refractivity contribution is 1.07. The Hall–Kier alpha value is -11.7. The van der Waals surface area contributed by atoms with Gasteiger partial charge in [0.2, 0.25) is 0 Å². The second-order valence-corrected chi connectivity index (χ2v) is 24.4. The van der Waals surface area contributed by atoms with Gasteiger partial charge in [-0.3, -0.25) is 0 Å². The van der Waals surface area contributed by atoms with Crippen LogP contribution in [0.1, 0.15) is 22.3 Å². The third-order valence-corrected chi connectivity index (χ3v) is 18.3. The molecule has 0 saturated carbocycles. The molecule has 0 amide bonds. The van der Waals surface area contributed by atoms with Gasteiger partial charge in [-0.2, -0.15) is 0 Å². The van der Waals surface area contributed by atoms with Crippen LogP contribution in [0.4, 0.5) is 0 Å². The standard InChI is InChI=1S/C85H60N6/c1-53-15-11-23-60(43-53)64-29-37-77-71(47-64)72-48-65(61-24-12-16-54(2)44-61)30-38-78(72)90(77)69-35-41-81-75(51-69)76-52-70(91-79-39-31-66(62-25-13-17-55(3)45-62)49-73(79)74-50-67(32-40-80(74)91)63-26-14-18-56(4)46-63)36-42-82(76)89(81)68-33-27-59(28-34-68)85-87-83(57-19-7-5-8-20-57)86-84(88-85)58-21-9-6-10-22-58/h5-52H,1-4H3. The van der Waals surface area contributed by atoms with Crippen molar-refractivity contribution in [1.29, 1.82) is 0 Å². The molecular formula is C85H60N6. The van der Waals surface area contributed by atoms with Crippen molar-refractivity contribution in [3.63, 3.8) is 0 Å². The summed E-state index contributed by atoms with van der Waals surface area (Å²) in [4.78, 5) is 15.2. The van der Waals surface area contributed by atoms with Gasteiger partial charge in [0.1, 0.15) is 0 Å². The van der Waals surface area contributed by atoms with Gasteiger partial charge in [-0.25, -0.2) is 15.0 Å². The van der Waals surface area contributed by atoms with Gasteiger partial charge in [0.05, 0.1) is 33.1 Å². The van der Waals surface area contributed by atoms with E-state index in [1.54, 1.807) is 0 Å². The molecule has 91 heavy (non-hydrogen) atoms. The van der Waals surface area contributed by atoms with E-state index >= 15 is 0 Å². The number of aryl methyl sites for hydroxylation is 4. The Kier molecular flexibility index (Phi) is 12.7. The van der Waals surface area contributed by atoms with E-state index < -0.39 is 0 Å². The molecule has 0 radical (unpaired) electrons. The molecule has 430 valence electrons. The van der Waals surface area contributed by atoms with E-state index in [9.17, 15) is 0 Å². The lowest BCUT2D eigenvalue weighted by atomic mass is 9.99. The minimum absolute atomic E-state index is 0.613. The summed E-state index contributed by atoms with van der Waals surface area (Å²) in [5, 5.41) is 7.12. The highest BCUT2D eigenvalue weighted by Crippen LogP contribution is 2.43. The zero-order chi connectivity index (χ0) is 60.8. The second-order valence-electron chi connectivity index (χ2n) is 24.4. The van der Waals surface area contributed by atoms with E-state index in [0.29, 0.717) is 17.5 Å². The van der Waals surface area contributed by atoms with Crippen LogP contribution in [-0.4, -0.2) is 28.7 Å². The molecule has 6 nitrogen and oxygen atoms in total. The van der Waals surface area contributed by atoms with Gasteiger partial charge < -0.3 is 13.7 Å². The molecule has 4 aromatic heterocycles. The summed E-state index contributed by atoms with van der Waals surface area (Å²) in [6, 6.07) is 106. The lowest BCUT2D eigenvalue weighted by Crippen LogP contribution is -2.00. The third-order valence-electron chi connectivity index (χ3n) is 18.3. The first kappa shape index (κ1) is 53.5. The summed E-state index contributed by atoms with van der Waals surface area (Å²) >= 11 is 0. The Labute approximate surface area is 527 Å². The van der Waals surface area contributed by atoms with Crippen LogP contribution in [0.2, 0.25) is 0 Å². The molecule has 0 aliphatic rings. The van der Waals surface area contributed by atoms with Crippen LogP contribution >= 0.6 is 0 Å². The van der Waals surface area contributed by atoms with Crippen LogP contribution < -0.4 is 0 Å². The summed E-state index contributed by atoms with van der Waals surface area (Å²) in [5.41, 5.74) is 27.3. The lowest BCUT2D eigenvalue weighted by Gasteiger charge is -2.12. The number of rotatable bonds is 10. The van der Waals surface area contributed by atoms with Crippen molar-refractivity contribution in [3.8, 4) is 95.7 Å². The summed E-state index contributed by atoms with van der Waals surface area (Å²) in [6.45, 7) is 8.67. The van der Waals surface area contributed by atoms with Crippen molar-refractivity contribution in [3.05, 3.63) is 313 Å². The predicted octanol–water partition coefficient (Wildman–Crippen LogP) is 22.1. The second kappa shape index (κ2) is 21.5. The maximum absolute atomic E-state index is 5.11. The highest BCUT2D eigenvalue weighted by Gasteiger charge is 2.22. The van der Waals surface area contributed by atoms with Crippen molar-refractivity contribution in [2.24, 2.45) is 0 Å². The molecule has 6 heteroatoms. The fraction of sp³-hybridized carbons (Fsp3) is 0.0471. The van der Waals surface area contributed by atoms with Crippen molar-refractivity contribution >= 4 is 65.4 Å². The van der Waals surface area contributed by atoms with Crippen LogP contribution in [0.15, 0.2) is 291 Å². The molecule has 0 spiro atoms. The number of hydrogen-bond donors (Lipinski definition) is 0. The molecule has 0 aliphatic carbocycles. The molecule has 0 N–H and O–H groups in total. The number of nitrogens with zero attached hydrogens (tertiary/aromatic N) is 6. The number of aromatic nitrogens is 6. The number of fused-ring (bicyclic) bond motifs is 9. The Morgan fingerprint density at radius 2 is 0.418 bits per heavy atom. The maximum Gasteiger partial charge on any atom is 0.164 e. The minimum Gasteiger partial charge on any atom is -0.309 e. The normalized spacial score (nSPS) is 11.7. The van der Waals surface area contributed by atoms with Gasteiger partial charge in [0.15, 0.2) is 17.5 Å². The third kappa shape index (κ3) is 9.38. The van der Waals surface area contributed by atoms with E-state index in [4.69, 9.17) is 15.0 Å². The highest BCUT2D eigenvalue weighted by molar-refractivity contribution is 6.15.